The van der Waals surface area contributed by atoms with E-state index in [9.17, 15) is 4.79 Å². The highest BCUT2D eigenvalue weighted by molar-refractivity contribution is 5.86. The van der Waals surface area contributed by atoms with E-state index in [2.05, 4.69) is 26.8 Å². The van der Waals surface area contributed by atoms with E-state index in [4.69, 9.17) is 0 Å². The van der Waals surface area contributed by atoms with Gasteiger partial charge < -0.3 is 0 Å². The van der Waals surface area contributed by atoms with Gasteiger partial charge in [-0.15, -0.1) is 0 Å². The number of allylic oxidation sites excluding steroid dienone is 2. The predicted octanol–water partition coefficient (Wildman–Crippen LogP) is 3.98. The van der Waals surface area contributed by atoms with Crippen LogP contribution < -0.4 is 0 Å². The van der Waals surface area contributed by atoms with Crippen molar-refractivity contribution in [2.75, 3.05) is 0 Å². The Morgan fingerprint density at radius 1 is 1.36 bits per heavy atom. The summed E-state index contributed by atoms with van der Waals surface area (Å²) in [5, 5.41) is 0. The van der Waals surface area contributed by atoms with Gasteiger partial charge in [-0.05, 0) is 26.7 Å². The zero-order valence-electron chi connectivity index (χ0n) is 10.5. The molecule has 0 heterocycles. The van der Waals surface area contributed by atoms with Crippen LogP contribution in [0.1, 0.15) is 54.4 Å². The van der Waals surface area contributed by atoms with Crippen LogP contribution in [0.4, 0.5) is 0 Å². The maximum atomic E-state index is 12.0. The Hall–Kier alpha value is -0.590. The van der Waals surface area contributed by atoms with Gasteiger partial charge in [0, 0.05) is 11.3 Å². The van der Waals surface area contributed by atoms with E-state index < -0.39 is 0 Å². The minimum absolute atomic E-state index is 0.190. The molecular formula is C13H24O. The third kappa shape index (κ3) is 4.08. The first kappa shape index (κ1) is 13.4. The van der Waals surface area contributed by atoms with E-state index in [0.717, 1.165) is 12.8 Å². The van der Waals surface area contributed by atoms with Gasteiger partial charge in [0.05, 0.1) is 0 Å². The Morgan fingerprint density at radius 3 is 2.21 bits per heavy atom. The number of hydrogen-bond donors (Lipinski definition) is 0. The van der Waals surface area contributed by atoms with Crippen LogP contribution in [0.3, 0.4) is 0 Å². The van der Waals surface area contributed by atoms with Gasteiger partial charge in [0.25, 0.3) is 0 Å². The Kier molecular flexibility index (Phi) is 5.11. The van der Waals surface area contributed by atoms with E-state index in [1.54, 1.807) is 0 Å². The first-order valence-electron chi connectivity index (χ1n) is 5.49. The molecule has 0 rings (SSSR count). The molecule has 0 aliphatic heterocycles. The minimum atomic E-state index is -0.202. The molecule has 0 aliphatic carbocycles. The van der Waals surface area contributed by atoms with E-state index in [0.29, 0.717) is 5.78 Å². The fraction of sp³-hybridized carbons (Fsp3) is 0.769. The van der Waals surface area contributed by atoms with Crippen LogP contribution in [0, 0.1) is 11.3 Å². The van der Waals surface area contributed by atoms with Crippen LogP contribution in [-0.4, -0.2) is 5.78 Å². The van der Waals surface area contributed by atoms with E-state index >= 15 is 0 Å². The second kappa shape index (κ2) is 5.33. The first-order valence-corrected chi connectivity index (χ1v) is 5.49. The van der Waals surface area contributed by atoms with Crippen molar-refractivity contribution in [1.82, 2.24) is 0 Å². The monoisotopic (exact) mass is 196 g/mol. The molecule has 0 amide bonds. The third-order valence-electron chi connectivity index (χ3n) is 2.75. The molecule has 0 aliphatic rings. The molecule has 0 bridgehead atoms. The van der Waals surface area contributed by atoms with E-state index in [1.807, 2.05) is 20.8 Å². The summed E-state index contributed by atoms with van der Waals surface area (Å²) in [6.45, 7) is 12.3. The third-order valence-corrected chi connectivity index (χ3v) is 2.75. The lowest BCUT2D eigenvalue weighted by Crippen LogP contribution is -2.28. The SMILES string of the molecule is CC[C@@H](C)C(=O)C(C)(C)CC=C(C)C. The number of ketones is 1. The molecule has 0 aromatic heterocycles. The molecule has 0 aromatic carbocycles. The van der Waals surface area contributed by atoms with Gasteiger partial charge in [-0.25, -0.2) is 0 Å². The number of Topliss-reactive ketones (excluding diaryl/α,β-unsaturated/α-hetero) is 1. The van der Waals surface area contributed by atoms with Crippen molar-refractivity contribution < 1.29 is 4.79 Å². The van der Waals surface area contributed by atoms with Gasteiger partial charge in [-0.3, -0.25) is 4.79 Å². The van der Waals surface area contributed by atoms with Crippen LogP contribution in [0.2, 0.25) is 0 Å². The molecule has 0 N–H and O–H groups in total. The van der Waals surface area contributed by atoms with Gasteiger partial charge in [0.15, 0.2) is 0 Å². The van der Waals surface area contributed by atoms with Gasteiger partial charge in [0.2, 0.25) is 0 Å². The molecule has 14 heavy (non-hydrogen) atoms. The lowest BCUT2D eigenvalue weighted by atomic mass is 9.78. The maximum absolute atomic E-state index is 12.0. The summed E-state index contributed by atoms with van der Waals surface area (Å²) in [4.78, 5) is 12.0. The highest BCUT2D eigenvalue weighted by Gasteiger charge is 2.29. The molecular weight excluding hydrogens is 172 g/mol. The summed E-state index contributed by atoms with van der Waals surface area (Å²) in [7, 11) is 0. The summed E-state index contributed by atoms with van der Waals surface area (Å²) >= 11 is 0. The molecule has 82 valence electrons. The van der Waals surface area contributed by atoms with Crippen LogP contribution in [0.5, 0.6) is 0 Å². The highest BCUT2D eigenvalue weighted by atomic mass is 16.1. The number of carbonyl (C=O) groups is 1. The van der Waals surface area contributed by atoms with Crippen LogP contribution in [0.25, 0.3) is 0 Å². The van der Waals surface area contributed by atoms with Gasteiger partial charge in [0.1, 0.15) is 5.78 Å². The van der Waals surface area contributed by atoms with Crippen molar-refractivity contribution in [1.29, 1.82) is 0 Å². The Labute approximate surface area is 88.6 Å². The second-order valence-electron chi connectivity index (χ2n) is 5.04. The molecule has 0 radical (unpaired) electrons. The van der Waals surface area contributed by atoms with Gasteiger partial charge in [-0.2, -0.15) is 0 Å². The van der Waals surface area contributed by atoms with Crippen molar-refractivity contribution in [3.8, 4) is 0 Å². The molecule has 0 aromatic rings. The predicted molar refractivity (Wildman–Crippen MR) is 62.3 cm³/mol. The summed E-state index contributed by atoms with van der Waals surface area (Å²) < 4.78 is 0. The molecule has 1 atom stereocenters. The van der Waals surface area contributed by atoms with Crippen LogP contribution in [0.15, 0.2) is 11.6 Å². The highest BCUT2D eigenvalue weighted by Crippen LogP contribution is 2.27. The van der Waals surface area contributed by atoms with Crippen LogP contribution in [-0.2, 0) is 4.79 Å². The largest absolute Gasteiger partial charge is 0.299 e. The number of hydrogen-bond acceptors (Lipinski definition) is 1. The summed E-state index contributed by atoms with van der Waals surface area (Å²) in [5.41, 5.74) is 1.09. The Morgan fingerprint density at radius 2 is 1.86 bits per heavy atom. The summed E-state index contributed by atoms with van der Waals surface area (Å²) in [5.74, 6) is 0.577. The smallest absolute Gasteiger partial charge is 0.141 e. The van der Waals surface area contributed by atoms with Crippen molar-refractivity contribution in [2.45, 2.75) is 54.4 Å². The van der Waals surface area contributed by atoms with E-state index in [-0.39, 0.29) is 11.3 Å². The van der Waals surface area contributed by atoms with E-state index in [1.165, 1.54) is 5.57 Å². The average Bonchev–Trinajstić information content (AvgIpc) is 2.12. The summed E-state index contributed by atoms with van der Waals surface area (Å²) in [6, 6.07) is 0. The fourth-order valence-electron chi connectivity index (χ4n) is 1.41. The molecule has 0 spiro atoms. The fourth-order valence-corrected chi connectivity index (χ4v) is 1.41. The topological polar surface area (TPSA) is 17.1 Å². The second-order valence-corrected chi connectivity index (χ2v) is 5.04. The molecule has 0 saturated carbocycles. The lowest BCUT2D eigenvalue weighted by molar-refractivity contribution is -0.130. The standard InChI is InChI=1S/C13H24O/c1-7-11(4)12(14)13(5,6)9-8-10(2)3/h8,11H,7,9H2,1-6H3/t11-/m1/s1. The Balaban J connectivity index is 4.45. The van der Waals surface area contributed by atoms with Crippen molar-refractivity contribution >= 4 is 5.78 Å². The zero-order valence-corrected chi connectivity index (χ0v) is 10.5. The maximum Gasteiger partial charge on any atom is 0.141 e. The van der Waals surface area contributed by atoms with Crippen molar-refractivity contribution in [2.24, 2.45) is 11.3 Å². The quantitative estimate of drug-likeness (QED) is 0.608. The minimum Gasteiger partial charge on any atom is -0.299 e. The average molecular weight is 196 g/mol. The molecule has 1 nitrogen and oxygen atoms in total. The number of carbonyl (C=O) groups excluding carboxylic acids is 1. The molecule has 1 heteroatoms. The zero-order chi connectivity index (χ0) is 11.4. The normalized spacial score (nSPS) is 13.6. The molecule has 0 unspecified atom stereocenters. The molecule has 0 saturated heterocycles. The van der Waals surface area contributed by atoms with Crippen molar-refractivity contribution in [3.63, 3.8) is 0 Å². The van der Waals surface area contributed by atoms with Crippen LogP contribution >= 0.6 is 0 Å². The number of rotatable bonds is 5. The summed E-state index contributed by atoms with van der Waals surface area (Å²) in [6.07, 6.45) is 3.95. The van der Waals surface area contributed by atoms with Crippen molar-refractivity contribution in [3.05, 3.63) is 11.6 Å². The molecule has 0 fully saturated rings. The lowest BCUT2D eigenvalue weighted by Gasteiger charge is -2.25. The van der Waals surface area contributed by atoms with Gasteiger partial charge >= 0.3 is 0 Å². The van der Waals surface area contributed by atoms with Gasteiger partial charge in [-0.1, -0.05) is 39.3 Å². The first-order chi connectivity index (χ1) is 6.31. The Bertz CT molecular complexity index is 219.